The van der Waals surface area contributed by atoms with E-state index in [1.165, 1.54) is 0 Å². The Morgan fingerprint density at radius 3 is 2.72 bits per heavy atom. The van der Waals surface area contributed by atoms with Crippen molar-refractivity contribution < 1.29 is 4.74 Å². The molecule has 96 valence electrons. The summed E-state index contributed by atoms with van der Waals surface area (Å²) in [4.78, 5) is 0. The molecule has 1 aromatic carbocycles. The Balaban J connectivity index is 2.42. The molecule has 0 fully saturated rings. The average Bonchev–Trinajstić information content (AvgIpc) is 2.79. The molecule has 0 aliphatic carbocycles. The summed E-state index contributed by atoms with van der Waals surface area (Å²) in [5.41, 5.74) is 2.25. The molecule has 0 saturated heterocycles. The van der Waals surface area contributed by atoms with Crippen molar-refractivity contribution in [2.75, 3.05) is 13.7 Å². The Morgan fingerprint density at radius 1 is 1.33 bits per heavy atom. The topological polar surface area (TPSA) is 39.1 Å². The predicted octanol–water partition coefficient (Wildman–Crippen LogP) is 2.13. The predicted molar refractivity (Wildman–Crippen MR) is 71.7 cm³/mol. The van der Waals surface area contributed by atoms with Crippen LogP contribution in [0.15, 0.2) is 36.5 Å². The molecule has 2 rings (SSSR count). The quantitative estimate of drug-likeness (QED) is 0.877. The van der Waals surface area contributed by atoms with Gasteiger partial charge < -0.3 is 10.1 Å². The summed E-state index contributed by atoms with van der Waals surface area (Å²) in [5.74, 6) is 0.917. The first kappa shape index (κ1) is 12.6. The Bertz CT molecular complexity index is 507. The van der Waals surface area contributed by atoms with Gasteiger partial charge in [0.05, 0.1) is 18.3 Å². The number of nitrogens with one attached hydrogen (secondary N) is 1. The van der Waals surface area contributed by atoms with E-state index in [2.05, 4.69) is 16.5 Å². The number of benzene rings is 1. The largest absolute Gasteiger partial charge is 0.494 e. The standard InChI is InChI=1S/C14H19N3O/c1-4-18-13-8-6-5-7-11(13)14(15-2)12-9-10-16-17(12)3/h5-10,14-15H,4H2,1-3H3. The van der Waals surface area contributed by atoms with Crippen LogP contribution in [0.4, 0.5) is 0 Å². The lowest BCUT2D eigenvalue weighted by atomic mass is 10.0. The molecule has 1 N–H and O–H groups in total. The van der Waals surface area contributed by atoms with Crippen LogP contribution in [0.1, 0.15) is 24.2 Å². The maximum Gasteiger partial charge on any atom is 0.124 e. The molecule has 0 aliphatic heterocycles. The zero-order valence-electron chi connectivity index (χ0n) is 11.1. The van der Waals surface area contributed by atoms with Crippen molar-refractivity contribution in [3.63, 3.8) is 0 Å². The molecule has 1 atom stereocenters. The molecule has 0 amide bonds. The highest BCUT2D eigenvalue weighted by Gasteiger charge is 2.18. The Kier molecular flexibility index (Phi) is 3.99. The third-order valence-electron chi connectivity index (χ3n) is 2.97. The first-order valence-electron chi connectivity index (χ1n) is 6.14. The summed E-state index contributed by atoms with van der Waals surface area (Å²) in [6.07, 6.45) is 1.81. The second kappa shape index (κ2) is 5.69. The van der Waals surface area contributed by atoms with E-state index in [9.17, 15) is 0 Å². The maximum absolute atomic E-state index is 5.69. The molecule has 0 bridgehead atoms. The fourth-order valence-corrected chi connectivity index (χ4v) is 2.14. The van der Waals surface area contributed by atoms with Crippen LogP contribution < -0.4 is 10.1 Å². The van der Waals surface area contributed by atoms with Crippen LogP contribution in [0.25, 0.3) is 0 Å². The third-order valence-corrected chi connectivity index (χ3v) is 2.97. The highest BCUT2D eigenvalue weighted by molar-refractivity contribution is 5.39. The number of hydrogen-bond acceptors (Lipinski definition) is 3. The maximum atomic E-state index is 5.69. The van der Waals surface area contributed by atoms with Gasteiger partial charge in [0.15, 0.2) is 0 Å². The number of hydrogen-bond donors (Lipinski definition) is 1. The van der Waals surface area contributed by atoms with Crippen LogP contribution in [-0.4, -0.2) is 23.4 Å². The van der Waals surface area contributed by atoms with Crippen molar-refractivity contribution in [3.8, 4) is 5.75 Å². The van der Waals surface area contributed by atoms with E-state index in [4.69, 9.17) is 4.74 Å². The number of ether oxygens (including phenoxy) is 1. The van der Waals surface area contributed by atoms with Crippen LogP contribution in [0.2, 0.25) is 0 Å². The number of aromatic nitrogens is 2. The molecule has 4 nitrogen and oxygen atoms in total. The summed E-state index contributed by atoms with van der Waals surface area (Å²) < 4.78 is 7.57. The van der Waals surface area contributed by atoms with Crippen molar-refractivity contribution in [1.29, 1.82) is 0 Å². The summed E-state index contributed by atoms with van der Waals surface area (Å²) in [5, 5.41) is 7.54. The molecule has 0 spiro atoms. The van der Waals surface area contributed by atoms with E-state index in [1.807, 2.05) is 56.2 Å². The number of nitrogens with zero attached hydrogens (tertiary/aromatic N) is 2. The normalized spacial score (nSPS) is 12.4. The molecule has 2 aromatic rings. The van der Waals surface area contributed by atoms with Gasteiger partial charge in [0.1, 0.15) is 5.75 Å². The number of aryl methyl sites for hydroxylation is 1. The molecule has 0 saturated carbocycles. The fraction of sp³-hybridized carbons (Fsp3) is 0.357. The second-order valence-corrected chi connectivity index (χ2v) is 4.07. The van der Waals surface area contributed by atoms with Gasteiger partial charge in [-0.25, -0.2) is 0 Å². The van der Waals surface area contributed by atoms with Crippen LogP contribution >= 0.6 is 0 Å². The fourth-order valence-electron chi connectivity index (χ4n) is 2.14. The Labute approximate surface area is 108 Å². The lowest BCUT2D eigenvalue weighted by molar-refractivity contribution is 0.333. The summed E-state index contributed by atoms with van der Waals surface area (Å²) in [7, 11) is 3.89. The monoisotopic (exact) mass is 245 g/mol. The average molecular weight is 245 g/mol. The number of para-hydroxylation sites is 1. The summed E-state index contributed by atoms with van der Waals surface area (Å²) >= 11 is 0. The van der Waals surface area contributed by atoms with E-state index in [0.29, 0.717) is 6.61 Å². The van der Waals surface area contributed by atoms with E-state index in [-0.39, 0.29) is 6.04 Å². The SMILES string of the molecule is CCOc1ccccc1C(NC)c1ccnn1C. The highest BCUT2D eigenvalue weighted by atomic mass is 16.5. The van der Waals surface area contributed by atoms with Gasteiger partial charge in [-0.2, -0.15) is 5.10 Å². The molecule has 1 heterocycles. The van der Waals surface area contributed by atoms with Gasteiger partial charge in [-0.1, -0.05) is 18.2 Å². The minimum atomic E-state index is 0.0836. The van der Waals surface area contributed by atoms with Crippen LogP contribution in [0.3, 0.4) is 0 Å². The summed E-state index contributed by atoms with van der Waals surface area (Å²) in [6.45, 7) is 2.66. The minimum Gasteiger partial charge on any atom is -0.494 e. The zero-order chi connectivity index (χ0) is 13.0. The van der Waals surface area contributed by atoms with Crippen LogP contribution in [0, 0.1) is 0 Å². The molecular weight excluding hydrogens is 226 g/mol. The molecule has 4 heteroatoms. The third kappa shape index (κ3) is 2.38. The van der Waals surface area contributed by atoms with Gasteiger partial charge >= 0.3 is 0 Å². The van der Waals surface area contributed by atoms with Gasteiger partial charge in [-0.05, 0) is 26.1 Å². The molecule has 0 radical (unpaired) electrons. The van der Waals surface area contributed by atoms with Crippen molar-refractivity contribution in [2.45, 2.75) is 13.0 Å². The molecule has 1 unspecified atom stereocenters. The zero-order valence-corrected chi connectivity index (χ0v) is 11.1. The highest BCUT2D eigenvalue weighted by Crippen LogP contribution is 2.29. The van der Waals surface area contributed by atoms with Gasteiger partial charge in [0.25, 0.3) is 0 Å². The van der Waals surface area contributed by atoms with Gasteiger partial charge in [-0.3, -0.25) is 4.68 Å². The first-order valence-corrected chi connectivity index (χ1v) is 6.14. The Morgan fingerprint density at radius 2 is 2.11 bits per heavy atom. The van der Waals surface area contributed by atoms with Gasteiger partial charge in [-0.15, -0.1) is 0 Å². The summed E-state index contributed by atoms with van der Waals surface area (Å²) in [6, 6.07) is 10.2. The second-order valence-electron chi connectivity index (χ2n) is 4.07. The smallest absolute Gasteiger partial charge is 0.124 e. The Hall–Kier alpha value is -1.81. The lowest BCUT2D eigenvalue weighted by Gasteiger charge is -2.20. The van der Waals surface area contributed by atoms with E-state index >= 15 is 0 Å². The molecule has 18 heavy (non-hydrogen) atoms. The van der Waals surface area contributed by atoms with E-state index in [1.54, 1.807) is 0 Å². The number of rotatable bonds is 5. The van der Waals surface area contributed by atoms with E-state index in [0.717, 1.165) is 17.0 Å². The van der Waals surface area contributed by atoms with Crippen LogP contribution in [-0.2, 0) is 7.05 Å². The van der Waals surface area contributed by atoms with Crippen molar-refractivity contribution in [3.05, 3.63) is 47.8 Å². The molecule has 0 aliphatic rings. The minimum absolute atomic E-state index is 0.0836. The van der Waals surface area contributed by atoms with E-state index < -0.39 is 0 Å². The lowest BCUT2D eigenvalue weighted by Crippen LogP contribution is -2.21. The van der Waals surface area contributed by atoms with Crippen molar-refractivity contribution in [1.82, 2.24) is 15.1 Å². The van der Waals surface area contributed by atoms with Crippen LogP contribution in [0.5, 0.6) is 5.75 Å². The molecular formula is C14H19N3O. The van der Waals surface area contributed by atoms with Crippen molar-refractivity contribution >= 4 is 0 Å². The van der Waals surface area contributed by atoms with Gasteiger partial charge in [0.2, 0.25) is 0 Å². The molecule has 1 aromatic heterocycles. The first-order chi connectivity index (χ1) is 8.77. The van der Waals surface area contributed by atoms with Crippen molar-refractivity contribution in [2.24, 2.45) is 7.05 Å². The van der Waals surface area contributed by atoms with Gasteiger partial charge in [0, 0.05) is 18.8 Å².